The van der Waals surface area contributed by atoms with Gasteiger partial charge in [-0.2, -0.15) is 0 Å². The van der Waals surface area contributed by atoms with Crippen molar-refractivity contribution in [3.63, 3.8) is 0 Å². The van der Waals surface area contributed by atoms with Crippen LogP contribution in [-0.2, 0) is 0 Å². The highest BCUT2D eigenvalue weighted by molar-refractivity contribution is 4.49. The molecule has 0 aromatic rings. The molecule has 0 saturated carbocycles. The maximum atomic E-state index is 2.42. The number of nitrogens with zero attached hydrogens (tertiary/aromatic N) is 1. The first kappa shape index (κ1) is 26.5. The fourth-order valence-electron chi connectivity index (χ4n) is 3.46. The molecule has 0 heterocycles. The zero-order chi connectivity index (χ0) is 17.2. The van der Waals surface area contributed by atoms with E-state index < -0.39 is 0 Å². The highest BCUT2D eigenvalue weighted by Crippen LogP contribution is 2.13. The molecule has 0 aliphatic rings. The summed E-state index contributed by atoms with van der Waals surface area (Å²) in [6.07, 6.45) is 23.1. The van der Waals surface area contributed by atoms with E-state index >= 15 is 0 Å². The van der Waals surface area contributed by atoms with Crippen molar-refractivity contribution in [2.24, 2.45) is 0 Å². The zero-order valence-electron chi connectivity index (χ0n) is 17.6. The van der Waals surface area contributed by atoms with Gasteiger partial charge in [-0.25, -0.2) is 0 Å². The molecular weight excluding hydrogens is 314 g/mol. The van der Waals surface area contributed by atoms with Gasteiger partial charge >= 0.3 is 0 Å². The Morgan fingerprint density at radius 2 is 0.667 bits per heavy atom. The summed E-state index contributed by atoms with van der Waals surface area (Å²) in [6.45, 7) is 7.35. The van der Waals surface area contributed by atoms with Crippen LogP contribution >= 0.6 is 0 Å². The van der Waals surface area contributed by atoms with Crippen LogP contribution in [0.15, 0.2) is 0 Å². The Labute approximate surface area is 161 Å². The third-order valence-corrected chi connectivity index (χ3v) is 5.23. The van der Waals surface area contributed by atoms with Crippen LogP contribution in [0.3, 0.4) is 0 Å². The van der Waals surface area contributed by atoms with Crippen molar-refractivity contribution in [3.8, 4) is 0 Å². The van der Waals surface area contributed by atoms with E-state index in [4.69, 9.17) is 0 Å². The second-order valence-corrected chi connectivity index (χ2v) is 8.33. The van der Waals surface area contributed by atoms with Crippen molar-refractivity contribution in [1.29, 1.82) is 0 Å². The number of quaternary nitrogens is 1. The van der Waals surface area contributed by atoms with E-state index in [0.717, 1.165) is 0 Å². The molecule has 0 N–H and O–H groups in total. The monoisotopic (exact) mass is 361 g/mol. The number of unbranched alkanes of at least 4 members (excludes halogenated alkanes) is 14. The molecule has 1 nitrogen and oxygen atoms in total. The van der Waals surface area contributed by atoms with Crippen LogP contribution in [0.25, 0.3) is 0 Å². The summed E-state index contributed by atoms with van der Waals surface area (Å²) in [6, 6.07) is 0. The van der Waals surface area contributed by atoms with Gasteiger partial charge in [0.15, 0.2) is 0 Å². The molecular formula is C22H48ClN. The van der Waals surface area contributed by atoms with Gasteiger partial charge in [-0.05, 0) is 25.7 Å². The number of hydrogen-bond donors (Lipinski definition) is 0. The van der Waals surface area contributed by atoms with Gasteiger partial charge in [-0.3, -0.25) is 0 Å². The molecule has 0 aliphatic carbocycles. The van der Waals surface area contributed by atoms with Gasteiger partial charge in [-0.1, -0.05) is 90.9 Å². The van der Waals surface area contributed by atoms with Gasteiger partial charge < -0.3 is 16.9 Å². The lowest BCUT2D eigenvalue weighted by molar-refractivity contribution is -0.890. The van der Waals surface area contributed by atoms with Gasteiger partial charge in [-0.15, -0.1) is 0 Å². The molecule has 0 rings (SSSR count). The molecule has 0 aromatic heterocycles. The van der Waals surface area contributed by atoms with E-state index in [1.807, 2.05) is 0 Å². The molecule has 0 radical (unpaired) electrons. The molecule has 0 aromatic carbocycles. The topological polar surface area (TPSA) is 0 Å². The Balaban J connectivity index is 0. The van der Waals surface area contributed by atoms with E-state index in [-0.39, 0.29) is 12.4 Å². The van der Waals surface area contributed by atoms with Gasteiger partial charge in [0, 0.05) is 0 Å². The summed E-state index contributed by atoms with van der Waals surface area (Å²) in [5.74, 6) is 0. The predicted octanol–water partition coefficient (Wildman–Crippen LogP) is 4.35. The lowest BCUT2D eigenvalue weighted by Gasteiger charge is -2.30. The minimum Gasteiger partial charge on any atom is -1.00 e. The predicted molar refractivity (Wildman–Crippen MR) is 107 cm³/mol. The third kappa shape index (κ3) is 20.3. The van der Waals surface area contributed by atoms with Crippen LogP contribution < -0.4 is 12.4 Å². The molecule has 0 aliphatic heterocycles. The molecule has 0 spiro atoms. The lowest BCUT2D eigenvalue weighted by Crippen LogP contribution is -3.00. The van der Waals surface area contributed by atoms with Crippen molar-refractivity contribution in [1.82, 2.24) is 0 Å². The Hall–Kier alpha value is 0.250. The Morgan fingerprint density at radius 1 is 0.417 bits per heavy atom. The highest BCUT2D eigenvalue weighted by atomic mass is 35.5. The average molecular weight is 362 g/mol. The van der Waals surface area contributed by atoms with Crippen LogP contribution in [-0.4, -0.2) is 31.7 Å². The summed E-state index contributed by atoms with van der Waals surface area (Å²) < 4.78 is 1.24. The van der Waals surface area contributed by atoms with Crippen molar-refractivity contribution < 1.29 is 16.9 Å². The minimum atomic E-state index is 0. The van der Waals surface area contributed by atoms with Gasteiger partial charge in [0.2, 0.25) is 0 Å². The Morgan fingerprint density at radius 3 is 1.00 bits per heavy atom. The smallest absolute Gasteiger partial charge is 0.0782 e. The average Bonchev–Trinajstić information content (AvgIpc) is 2.52. The molecule has 0 fully saturated rings. The van der Waals surface area contributed by atoms with E-state index in [2.05, 4.69) is 27.9 Å². The Bertz CT molecular complexity index is 228. The summed E-state index contributed by atoms with van der Waals surface area (Å²) >= 11 is 0. The largest absolute Gasteiger partial charge is 1.00 e. The third-order valence-electron chi connectivity index (χ3n) is 5.23. The number of halogens is 1. The van der Waals surface area contributed by atoms with E-state index in [1.54, 1.807) is 0 Å². The SMILES string of the molecule is CCCCCCCCCCCCCC[N+](C)(C)CCCCCC.[Cl-]. The number of hydrogen-bond acceptors (Lipinski definition) is 0. The molecule has 0 bridgehead atoms. The second kappa shape index (κ2) is 19.6. The standard InChI is InChI=1S/C22H48N.ClH/c1-5-7-9-11-12-13-14-15-16-17-18-20-22-23(3,4)21-19-10-8-6-2;/h5-22H2,1-4H3;1H/q+1;/p-1. The van der Waals surface area contributed by atoms with Crippen molar-refractivity contribution in [2.45, 2.75) is 117 Å². The number of rotatable bonds is 18. The highest BCUT2D eigenvalue weighted by Gasteiger charge is 2.13. The quantitative estimate of drug-likeness (QED) is 0.251. The molecule has 24 heavy (non-hydrogen) atoms. The molecule has 0 amide bonds. The fourth-order valence-corrected chi connectivity index (χ4v) is 3.46. The Kier molecular flexibility index (Phi) is 21.6. The molecule has 0 saturated heterocycles. The normalized spacial score (nSPS) is 11.5. The first-order valence-corrected chi connectivity index (χ1v) is 10.9. The summed E-state index contributed by atoms with van der Waals surface area (Å²) in [5.41, 5.74) is 0. The minimum absolute atomic E-state index is 0. The molecule has 0 unspecified atom stereocenters. The summed E-state index contributed by atoms with van der Waals surface area (Å²) in [5, 5.41) is 0. The van der Waals surface area contributed by atoms with Crippen molar-refractivity contribution >= 4 is 0 Å². The van der Waals surface area contributed by atoms with E-state index in [9.17, 15) is 0 Å². The summed E-state index contributed by atoms with van der Waals surface area (Å²) in [4.78, 5) is 0. The van der Waals surface area contributed by atoms with Crippen LogP contribution in [0, 0.1) is 0 Å². The first-order chi connectivity index (χ1) is 11.1. The second-order valence-electron chi connectivity index (χ2n) is 8.33. The van der Waals surface area contributed by atoms with E-state index in [0.29, 0.717) is 0 Å². The van der Waals surface area contributed by atoms with Crippen LogP contribution in [0.5, 0.6) is 0 Å². The fraction of sp³-hybridized carbons (Fsp3) is 1.00. The van der Waals surface area contributed by atoms with Crippen LogP contribution in [0.2, 0.25) is 0 Å². The van der Waals surface area contributed by atoms with Gasteiger partial charge in [0.05, 0.1) is 27.2 Å². The lowest BCUT2D eigenvalue weighted by atomic mass is 10.1. The van der Waals surface area contributed by atoms with Gasteiger partial charge in [0.25, 0.3) is 0 Å². The zero-order valence-corrected chi connectivity index (χ0v) is 18.3. The molecule has 148 valence electrons. The van der Waals surface area contributed by atoms with Gasteiger partial charge in [0.1, 0.15) is 0 Å². The van der Waals surface area contributed by atoms with Crippen molar-refractivity contribution in [3.05, 3.63) is 0 Å². The first-order valence-electron chi connectivity index (χ1n) is 10.9. The maximum absolute atomic E-state index is 2.42. The molecule has 2 heteroatoms. The summed E-state index contributed by atoms with van der Waals surface area (Å²) in [7, 11) is 4.84. The van der Waals surface area contributed by atoms with Crippen LogP contribution in [0.4, 0.5) is 0 Å². The van der Waals surface area contributed by atoms with Crippen LogP contribution in [0.1, 0.15) is 117 Å². The molecule has 0 atom stereocenters. The van der Waals surface area contributed by atoms with E-state index in [1.165, 1.54) is 120 Å². The maximum Gasteiger partial charge on any atom is 0.0782 e. The van der Waals surface area contributed by atoms with Crippen molar-refractivity contribution in [2.75, 3.05) is 27.2 Å².